The molecular weight excluding hydrogens is 662 g/mol. The molecule has 0 spiro atoms. The number of carboxylic acids is 1. The van der Waals surface area contributed by atoms with Gasteiger partial charge in [-0.25, -0.2) is 14.9 Å². The fourth-order valence-corrected chi connectivity index (χ4v) is 4.23. The number of hydrogen-bond acceptors (Lipinski definition) is 6. The number of imidazole rings is 1. The van der Waals surface area contributed by atoms with E-state index in [1.54, 1.807) is 50.4 Å². The third kappa shape index (κ3) is 9.40. The van der Waals surface area contributed by atoms with Crippen molar-refractivity contribution in [2.75, 3.05) is 10.6 Å². The summed E-state index contributed by atoms with van der Waals surface area (Å²) in [5.41, 5.74) is 1.98. The van der Waals surface area contributed by atoms with Gasteiger partial charge in [0, 0.05) is 46.0 Å². The number of aromatic nitrogens is 4. The molecule has 0 aliphatic rings. The molecule has 0 atom stereocenters. The molecule has 5 rings (SSSR count). The van der Waals surface area contributed by atoms with E-state index in [9.17, 15) is 40.7 Å². The van der Waals surface area contributed by atoms with Gasteiger partial charge in [0.05, 0.1) is 23.8 Å². The number of aromatic amines is 1. The van der Waals surface area contributed by atoms with Crippen LogP contribution in [0.1, 0.15) is 37.5 Å². The van der Waals surface area contributed by atoms with E-state index in [0.29, 0.717) is 33.6 Å². The Morgan fingerprint density at radius 1 is 0.837 bits per heavy atom. The highest BCUT2D eigenvalue weighted by atomic mass is 19.4. The van der Waals surface area contributed by atoms with Crippen LogP contribution < -0.4 is 16.2 Å². The van der Waals surface area contributed by atoms with Crippen LogP contribution in [0.4, 0.5) is 37.7 Å². The van der Waals surface area contributed by atoms with Crippen LogP contribution in [0.2, 0.25) is 0 Å². The number of anilines is 2. The first-order chi connectivity index (χ1) is 22.9. The zero-order valence-electron chi connectivity index (χ0n) is 25.3. The van der Waals surface area contributed by atoms with Gasteiger partial charge in [0.15, 0.2) is 0 Å². The largest absolute Gasteiger partial charge is 0.490 e. The monoisotopic (exact) mass is 686 g/mol. The number of carbonyl (C=O) groups is 3. The molecule has 2 amide bonds. The lowest BCUT2D eigenvalue weighted by atomic mass is 10.0. The lowest BCUT2D eigenvalue weighted by molar-refractivity contribution is -0.192. The maximum Gasteiger partial charge on any atom is 0.490 e. The van der Waals surface area contributed by atoms with Gasteiger partial charge in [-0.05, 0) is 67.4 Å². The number of carboxylic acid groups (broad SMARTS) is 1. The molecule has 2 heterocycles. The minimum Gasteiger partial charge on any atom is -0.475 e. The fourth-order valence-electron chi connectivity index (χ4n) is 4.23. The van der Waals surface area contributed by atoms with Crippen molar-refractivity contribution in [3.63, 3.8) is 0 Å². The average molecular weight is 687 g/mol. The number of benzene rings is 3. The second kappa shape index (κ2) is 14.2. The van der Waals surface area contributed by atoms with Crippen LogP contribution in [-0.2, 0) is 11.0 Å². The number of nitrogens with zero attached hydrogens (tertiary/aromatic N) is 3. The number of nitrogens with one attached hydrogen (secondary N) is 3. The van der Waals surface area contributed by atoms with Crippen LogP contribution >= 0.6 is 0 Å². The molecule has 4 N–H and O–H groups in total. The van der Waals surface area contributed by atoms with Gasteiger partial charge in [0.2, 0.25) is 0 Å². The van der Waals surface area contributed by atoms with Crippen molar-refractivity contribution in [2.24, 2.45) is 0 Å². The molecule has 0 radical (unpaired) electrons. The van der Waals surface area contributed by atoms with Crippen molar-refractivity contribution in [2.45, 2.75) is 26.2 Å². The minimum atomic E-state index is -5.08. The van der Waals surface area contributed by atoms with Crippen molar-refractivity contribution in [1.82, 2.24) is 19.7 Å². The third-order valence-electron chi connectivity index (χ3n) is 6.63. The van der Waals surface area contributed by atoms with Gasteiger partial charge in [0.25, 0.3) is 17.4 Å². The Kier molecular flexibility index (Phi) is 10.3. The Morgan fingerprint density at radius 2 is 1.51 bits per heavy atom. The van der Waals surface area contributed by atoms with Crippen molar-refractivity contribution >= 4 is 29.2 Å². The summed E-state index contributed by atoms with van der Waals surface area (Å²) in [6.07, 6.45) is -5.30. The number of aryl methyl sites for hydroxylation is 2. The van der Waals surface area contributed by atoms with Crippen LogP contribution in [0, 0.1) is 13.8 Å². The van der Waals surface area contributed by atoms with Crippen LogP contribution in [0.25, 0.3) is 16.8 Å². The number of rotatable bonds is 6. The number of alkyl halides is 6. The summed E-state index contributed by atoms with van der Waals surface area (Å²) in [6.45, 7) is 3.45. The molecular formula is C32H24F6N6O5. The van der Waals surface area contributed by atoms with Crippen molar-refractivity contribution in [1.29, 1.82) is 0 Å². The topological polar surface area (TPSA) is 159 Å². The smallest absolute Gasteiger partial charge is 0.475 e. The summed E-state index contributed by atoms with van der Waals surface area (Å²) in [5, 5.41) is 18.5. The normalized spacial score (nSPS) is 11.3. The quantitative estimate of drug-likeness (QED) is 0.151. The summed E-state index contributed by atoms with van der Waals surface area (Å²) in [7, 11) is 0. The predicted octanol–water partition coefficient (Wildman–Crippen LogP) is 6.40. The molecule has 0 fully saturated rings. The van der Waals surface area contributed by atoms with Gasteiger partial charge < -0.3 is 20.3 Å². The summed E-state index contributed by atoms with van der Waals surface area (Å²) in [4.78, 5) is 50.8. The molecule has 49 heavy (non-hydrogen) atoms. The zero-order chi connectivity index (χ0) is 36.1. The van der Waals surface area contributed by atoms with Gasteiger partial charge in [-0.1, -0.05) is 18.2 Å². The molecule has 254 valence electrons. The van der Waals surface area contributed by atoms with Gasteiger partial charge in [-0.3, -0.25) is 14.4 Å². The van der Waals surface area contributed by atoms with Crippen LogP contribution in [0.3, 0.4) is 0 Å². The molecule has 0 saturated heterocycles. The summed E-state index contributed by atoms with van der Waals surface area (Å²) in [6, 6.07) is 15.8. The lowest BCUT2D eigenvalue weighted by Crippen LogP contribution is -2.21. The van der Waals surface area contributed by atoms with Crippen LogP contribution in [0.5, 0.6) is 0 Å². The molecule has 5 aromatic rings. The van der Waals surface area contributed by atoms with E-state index in [0.717, 1.165) is 12.1 Å². The summed E-state index contributed by atoms with van der Waals surface area (Å²) >= 11 is 0. The Hall–Kier alpha value is -6.26. The van der Waals surface area contributed by atoms with Crippen molar-refractivity contribution < 1.29 is 45.8 Å². The number of aliphatic carboxylic acids is 1. The molecule has 17 heteroatoms. The second-order valence-corrected chi connectivity index (χ2v) is 10.3. The Labute approximate surface area is 272 Å². The highest BCUT2D eigenvalue weighted by Crippen LogP contribution is 2.33. The molecule has 0 unspecified atom stereocenters. The van der Waals surface area contributed by atoms with E-state index in [1.807, 2.05) is 0 Å². The molecule has 3 aromatic carbocycles. The number of H-pyrrole nitrogens is 1. The molecule has 11 nitrogen and oxygen atoms in total. The SMILES string of the molecule is Cc1cn(-c2cc(NC(=O)c3ccc(C)c(NC(=O)c4cccc(-c5cn[nH]c(=O)c5)c4)c3)cc(C(F)(F)F)c2)cn1.O=C(O)C(F)(F)F. The first-order valence-electron chi connectivity index (χ1n) is 13.8. The van der Waals surface area contributed by atoms with Gasteiger partial charge in [0.1, 0.15) is 0 Å². The van der Waals surface area contributed by atoms with E-state index >= 15 is 0 Å². The second-order valence-electron chi connectivity index (χ2n) is 10.3. The number of amides is 2. The molecule has 0 aliphatic heterocycles. The third-order valence-corrected chi connectivity index (χ3v) is 6.63. The Morgan fingerprint density at radius 3 is 2.12 bits per heavy atom. The average Bonchev–Trinajstić information content (AvgIpc) is 3.47. The Balaban J connectivity index is 0.000000698. The lowest BCUT2D eigenvalue weighted by Gasteiger charge is -2.14. The summed E-state index contributed by atoms with van der Waals surface area (Å²) < 4.78 is 74.1. The van der Waals surface area contributed by atoms with E-state index in [1.165, 1.54) is 41.4 Å². The van der Waals surface area contributed by atoms with Gasteiger partial charge >= 0.3 is 18.3 Å². The standard InChI is InChI=1S/C30H23F3N6O3.C2HF3O2/c1-17-6-7-21(9-26(17)37-29(42)20-5-3-4-19(8-20)22-10-27(40)38-35-14-22)28(41)36-24-11-23(30(31,32)33)12-25(13-24)39-15-18(2)34-16-39;3-2(4,5)1(6)7/h3-16H,1-2H3,(H,36,41)(H,37,42)(H,38,40);(H,6,7). The number of carbonyl (C=O) groups excluding carboxylic acids is 2. The van der Waals surface area contributed by atoms with E-state index in [-0.39, 0.29) is 22.5 Å². The van der Waals surface area contributed by atoms with Crippen LogP contribution in [0.15, 0.2) is 90.2 Å². The Bertz CT molecular complexity index is 2090. The first kappa shape index (κ1) is 35.6. The van der Waals surface area contributed by atoms with Crippen molar-refractivity contribution in [3.05, 3.63) is 124 Å². The first-order valence-corrected chi connectivity index (χ1v) is 13.8. The highest BCUT2D eigenvalue weighted by molar-refractivity contribution is 6.08. The van der Waals surface area contributed by atoms with E-state index in [4.69, 9.17) is 9.90 Å². The number of hydrogen-bond donors (Lipinski definition) is 4. The maximum atomic E-state index is 13.6. The predicted molar refractivity (Wildman–Crippen MR) is 164 cm³/mol. The zero-order valence-corrected chi connectivity index (χ0v) is 25.3. The van der Waals surface area contributed by atoms with E-state index in [2.05, 4.69) is 25.8 Å². The summed E-state index contributed by atoms with van der Waals surface area (Å²) in [5.74, 6) is -3.89. The minimum absolute atomic E-state index is 0.0617. The fraction of sp³-hybridized carbons (Fsp3) is 0.125. The maximum absolute atomic E-state index is 13.6. The molecule has 0 bridgehead atoms. The molecule has 2 aromatic heterocycles. The number of halogens is 6. The highest BCUT2D eigenvalue weighted by Gasteiger charge is 2.38. The van der Waals surface area contributed by atoms with E-state index < -0.39 is 35.7 Å². The van der Waals surface area contributed by atoms with Crippen molar-refractivity contribution in [3.8, 4) is 16.8 Å². The molecule has 0 aliphatic carbocycles. The van der Waals surface area contributed by atoms with Gasteiger partial charge in [-0.15, -0.1) is 0 Å². The van der Waals surface area contributed by atoms with Crippen LogP contribution in [-0.4, -0.2) is 48.8 Å². The molecule has 0 saturated carbocycles. The van der Waals surface area contributed by atoms with Gasteiger partial charge in [-0.2, -0.15) is 31.4 Å².